The third kappa shape index (κ3) is 4.68. The van der Waals surface area contributed by atoms with Gasteiger partial charge < -0.3 is 9.84 Å². The van der Waals surface area contributed by atoms with Crippen LogP contribution in [0.5, 0.6) is 5.75 Å². The minimum Gasteiger partial charge on any atom is -0.507 e. The van der Waals surface area contributed by atoms with Gasteiger partial charge in [-0.25, -0.2) is 0 Å². The normalized spacial score (nSPS) is 16.8. The molecule has 1 amide bonds. The number of aryl methyl sites for hydroxylation is 3. The number of amides is 1. The molecule has 2 heterocycles. The summed E-state index contributed by atoms with van der Waals surface area (Å²) in [4.78, 5) is 29.1. The van der Waals surface area contributed by atoms with Gasteiger partial charge in [-0.05, 0) is 84.8 Å². The quantitative estimate of drug-likeness (QED) is 0.175. The van der Waals surface area contributed by atoms with E-state index >= 15 is 0 Å². The van der Waals surface area contributed by atoms with Gasteiger partial charge in [-0.2, -0.15) is 0 Å². The molecule has 1 aliphatic heterocycles. The Balaban J connectivity index is 1.55. The molecule has 5 rings (SSSR count). The van der Waals surface area contributed by atoms with E-state index in [9.17, 15) is 14.7 Å². The minimum absolute atomic E-state index is 0.0920. The third-order valence-corrected chi connectivity index (χ3v) is 7.63. The van der Waals surface area contributed by atoms with Crippen LogP contribution in [0.4, 0.5) is 5.69 Å². The second kappa shape index (κ2) is 10.1. The number of ketones is 1. The van der Waals surface area contributed by atoms with Gasteiger partial charge in [-0.15, -0.1) is 11.3 Å². The first-order valence-electron chi connectivity index (χ1n) is 12.0. The second-order valence-electron chi connectivity index (χ2n) is 9.23. The lowest BCUT2D eigenvalue weighted by Crippen LogP contribution is -2.29. The van der Waals surface area contributed by atoms with Gasteiger partial charge in [0, 0.05) is 16.1 Å². The summed E-state index contributed by atoms with van der Waals surface area (Å²) in [5, 5.41) is 13.4. The maximum absolute atomic E-state index is 13.4. The highest BCUT2D eigenvalue weighted by molar-refractivity contribution is 7.10. The molecule has 1 aliphatic rings. The van der Waals surface area contributed by atoms with E-state index < -0.39 is 17.7 Å². The van der Waals surface area contributed by atoms with Crippen molar-refractivity contribution in [2.24, 2.45) is 0 Å². The van der Waals surface area contributed by atoms with Crippen LogP contribution in [0.1, 0.15) is 38.7 Å². The van der Waals surface area contributed by atoms with Crippen molar-refractivity contribution >= 4 is 34.5 Å². The van der Waals surface area contributed by atoms with E-state index in [-0.39, 0.29) is 11.3 Å². The predicted molar refractivity (Wildman–Crippen MR) is 147 cm³/mol. The number of ether oxygens (including phenoxy) is 1. The summed E-state index contributed by atoms with van der Waals surface area (Å²) in [5.74, 6) is -0.848. The SMILES string of the molecule is Cc1cccc(N2C(=O)C(=O)/C(=C(\O)c3ccc(OCc4ccccc4)c(C)c3)C2c2sccc2C)c1. The van der Waals surface area contributed by atoms with Crippen molar-refractivity contribution in [3.05, 3.63) is 123 Å². The Bertz CT molecular complexity index is 1520. The van der Waals surface area contributed by atoms with E-state index in [0.29, 0.717) is 23.6 Å². The molecule has 1 saturated heterocycles. The van der Waals surface area contributed by atoms with Crippen LogP contribution in [-0.4, -0.2) is 16.8 Å². The van der Waals surface area contributed by atoms with E-state index in [1.165, 1.54) is 16.2 Å². The van der Waals surface area contributed by atoms with Crippen molar-refractivity contribution in [2.45, 2.75) is 33.4 Å². The summed E-state index contributed by atoms with van der Waals surface area (Å²) >= 11 is 1.47. The number of benzene rings is 3. The van der Waals surface area contributed by atoms with Crippen molar-refractivity contribution in [1.82, 2.24) is 0 Å². The molecule has 186 valence electrons. The number of hydrogen-bond acceptors (Lipinski definition) is 5. The number of anilines is 1. The van der Waals surface area contributed by atoms with Crippen LogP contribution in [-0.2, 0) is 16.2 Å². The maximum Gasteiger partial charge on any atom is 0.300 e. The van der Waals surface area contributed by atoms with Gasteiger partial charge in [0.25, 0.3) is 11.7 Å². The Morgan fingerprint density at radius 1 is 0.919 bits per heavy atom. The number of rotatable bonds is 6. The molecule has 37 heavy (non-hydrogen) atoms. The summed E-state index contributed by atoms with van der Waals surface area (Å²) in [6.07, 6.45) is 0. The van der Waals surface area contributed by atoms with Gasteiger partial charge in [-0.3, -0.25) is 14.5 Å². The molecule has 6 heteroatoms. The van der Waals surface area contributed by atoms with E-state index in [1.807, 2.05) is 86.8 Å². The zero-order valence-corrected chi connectivity index (χ0v) is 21.7. The Kier molecular flexibility index (Phi) is 6.68. The maximum atomic E-state index is 13.4. The van der Waals surface area contributed by atoms with Crippen molar-refractivity contribution in [3.63, 3.8) is 0 Å². The van der Waals surface area contributed by atoms with Gasteiger partial charge in [0.05, 0.1) is 5.57 Å². The van der Waals surface area contributed by atoms with Crippen molar-refractivity contribution in [2.75, 3.05) is 4.90 Å². The Labute approximate surface area is 220 Å². The lowest BCUT2D eigenvalue weighted by Gasteiger charge is -2.25. The number of thiophene rings is 1. The first-order valence-corrected chi connectivity index (χ1v) is 12.9. The molecule has 0 radical (unpaired) electrons. The fourth-order valence-electron chi connectivity index (χ4n) is 4.64. The summed E-state index contributed by atoms with van der Waals surface area (Å²) < 4.78 is 5.98. The van der Waals surface area contributed by atoms with Gasteiger partial charge in [-0.1, -0.05) is 42.5 Å². The number of aliphatic hydroxyl groups is 1. The zero-order valence-electron chi connectivity index (χ0n) is 20.9. The number of hydrogen-bond donors (Lipinski definition) is 1. The predicted octanol–water partition coefficient (Wildman–Crippen LogP) is 6.88. The molecule has 1 N–H and O–H groups in total. The highest BCUT2D eigenvalue weighted by atomic mass is 32.1. The molecule has 0 bridgehead atoms. The number of carbonyl (C=O) groups excluding carboxylic acids is 2. The molecule has 1 aromatic heterocycles. The highest BCUT2D eigenvalue weighted by Crippen LogP contribution is 2.45. The third-order valence-electron chi connectivity index (χ3n) is 6.56. The molecule has 0 saturated carbocycles. The van der Waals surface area contributed by atoms with E-state index in [2.05, 4.69) is 0 Å². The van der Waals surface area contributed by atoms with Crippen LogP contribution >= 0.6 is 11.3 Å². The largest absolute Gasteiger partial charge is 0.507 e. The fraction of sp³-hybridized carbons (Fsp3) is 0.161. The summed E-state index contributed by atoms with van der Waals surface area (Å²) in [6, 6.07) is 23.9. The monoisotopic (exact) mass is 509 g/mol. The van der Waals surface area contributed by atoms with Crippen molar-refractivity contribution < 1.29 is 19.4 Å². The van der Waals surface area contributed by atoms with Crippen LogP contribution in [0, 0.1) is 20.8 Å². The van der Waals surface area contributed by atoms with Gasteiger partial charge in [0.2, 0.25) is 0 Å². The summed E-state index contributed by atoms with van der Waals surface area (Å²) in [7, 11) is 0. The molecule has 5 nitrogen and oxygen atoms in total. The summed E-state index contributed by atoms with van der Waals surface area (Å²) in [5.41, 5.74) is 4.98. The standard InChI is InChI=1S/C31H27NO4S/c1-19-8-7-11-24(16-19)32-27(30-20(2)14-15-37-30)26(29(34)31(32)35)28(33)23-12-13-25(21(3)17-23)36-18-22-9-5-4-6-10-22/h4-17,27,33H,18H2,1-3H3/b28-26-. The van der Waals surface area contributed by atoms with Crippen LogP contribution in [0.25, 0.3) is 5.76 Å². The number of aliphatic hydroxyl groups excluding tert-OH is 1. The van der Waals surface area contributed by atoms with Gasteiger partial charge in [0.15, 0.2) is 0 Å². The first kappa shape index (κ1) is 24.5. The lowest BCUT2D eigenvalue weighted by atomic mass is 9.97. The average molecular weight is 510 g/mol. The first-order chi connectivity index (χ1) is 17.8. The molecular weight excluding hydrogens is 482 g/mol. The van der Waals surface area contributed by atoms with Crippen molar-refractivity contribution in [3.8, 4) is 5.75 Å². The number of carbonyl (C=O) groups is 2. The van der Waals surface area contributed by atoms with Crippen LogP contribution < -0.4 is 9.64 Å². The molecule has 4 aromatic rings. The van der Waals surface area contributed by atoms with Gasteiger partial charge >= 0.3 is 0 Å². The van der Waals surface area contributed by atoms with Crippen molar-refractivity contribution in [1.29, 1.82) is 0 Å². The second-order valence-corrected chi connectivity index (χ2v) is 10.2. The van der Waals surface area contributed by atoms with Gasteiger partial charge in [0.1, 0.15) is 24.2 Å². The fourth-order valence-corrected chi connectivity index (χ4v) is 5.66. The zero-order chi connectivity index (χ0) is 26.1. The highest BCUT2D eigenvalue weighted by Gasteiger charge is 2.48. The molecular formula is C31H27NO4S. The topological polar surface area (TPSA) is 66.8 Å². The smallest absolute Gasteiger partial charge is 0.300 e. The molecule has 3 aromatic carbocycles. The molecule has 1 unspecified atom stereocenters. The summed E-state index contributed by atoms with van der Waals surface area (Å²) in [6.45, 7) is 6.20. The molecule has 1 atom stereocenters. The molecule has 1 fully saturated rings. The van der Waals surface area contributed by atoms with Crippen LogP contribution in [0.15, 0.2) is 89.8 Å². The number of Topliss-reactive ketones (excluding diaryl/α,β-unsaturated/α-hetero) is 1. The molecule has 0 aliphatic carbocycles. The van der Waals surface area contributed by atoms with Crippen LogP contribution in [0.3, 0.4) is 0 Å². The van der Waals surface area contributed by atoms with E-state index in [1.54, 1.807) is 18.2 Å². The Hall–Kier alpha value is -4.16. The Morgan fingerprint density at radius 2 is 1.70 bits per heavy atom. The minimum atomic E-state index is -0.712. The van der Waals surface area contributed by atoms with E-state index in [4.69, 9.17) is 4.74 Å². The van der Waals surface area contributed by atoms with Crippen LogP contribution in [0.2, 0.25) is 0 Å². The number of nitrogens with zero attached hydrogens (tertiary/aromatic N) is 1. The lowest BCUT2D eigenvalue weighted by molar-refractivity contribution is -0.132. The average Bonchev–Trinajstić information content (AvgIpc) is 3.43. The Morgan fingerprint density at radius 3 is 2.38 bits per heavy atom. The molecule has 0 spiro atoms. The van der Waals surface area contributed by atoms with E-state index in [0.717, 1.165) is 27.1 Å².